The molecule has 0 radical (unpaired) electrons. The predicted molar refractivity (Wildman–Crippen MR) is 130 cm³/mol. The number of rotatable bonds is 4. The van der Waals surface area contributed by atoms with Gasteiger partial charge in [0.2, 0.25) is 5.91 Å². The van der Waals surface area contributed by atoms with Crippen molar-refractivity contribution in [2.24, 2.45) is 0 Å². The zero-order chi connectivity index (χ0) is 24.9. The van der Waals surface area contributed by atoms with Crippen molar-refractivity contribution in [2.75, 3.05) is 17.6 Å². The summed E-state index contributed by atoms with van der Waals surface area (Å²) in [5.74, 6) is -1.00. The summed E-state index contributed by atoms with van der Waals surface area (Å²) >= 11 is 0. The Bertz CT molecular complexity index is 1460. The van der Waals surface area contributed by atoms with Gasteiger partial charge in [-0.3, -0.25) is 14.5 Å². The Morgan fingerprint density at radius 1 is 1.06 bits per heavy atom. The summed E-state index contributed by atoms with van der Waals surface area (Å²) in [7, 11) is 0. The fourth-order valence-electron chi connectivity index (χ4n) is 4.42. The molecular formula is C25H25F2N7O. The first-order valence-corrected chi connectivity index (χ1v) is 11.3. The number of nitrogens with zero attached hydrogens (tertiary/aromatic N) is 5. The third-order valence-corrected chi connectivity index (χ3v) is 6.40. The van der Waals surface area contributed by atoms with E-state index in [1.54, 1.807) is 23.7 Å². The SMILES string of the molecule is Cc1c(N)cncc1-c1cc2cc(Nc3cc4n(n3)CC(=O)N(C(C)C)CC4)ncc2c(F)c1F. The van der Waals surface area contributed by atoms with Crippen molar-refractivity contribution in [1.29, 1.82) is 0 Å². The highest BCUT2D eigenvalue weighted by Crippen LogP contribution is 2.34. The van der Waals surface area contributed by atoms with Gasteiger partial charge in [0.15, 0.2) is 17.5 Å². The number of nitrogens with two attached hydrogens (primary N) is 1. The second-order valence-electron chi connectivity index (χ2n) is 8.98. The van der Waals surface area contributed by atoms with Gasteiger partial charge in [0.1, 0.15) is 12.4 Å². The number of anilines is 3. The minimum Gasteiger partial charge on any atom is -0.397 e. The number of halogens is 2. The van der Waals surface area contributed by atoms with E-state index in [0.29, 0.717) is 46.8 Å². The molecule has 0 fully saturated rings. The number of nitrogen functional groups attached to an aromatic ring is 1. The van der Waals surface area contributed by atoms with Crippen LogP contribution in [0.1, 0.15) is 25.1 Å². The van der Waals surface area contributed by atoms with Crippen LogP contribution in [0.2, 0.25) is 0 Å². The van der Waals surface area contributed by atoms with Crippen molar-refractivity contribution in [3.8, 4) is 11.1 Å². The van der Waals surface area contributed by atoms with E-state index < -0.39 is 11.6 Å². The van der Waals surface area contributed by atoms with Crippen LogP contribution in [0, 0.1) is 18.6 Å². The Kier molecular flexibility index (Phi) is 5.58. The smallest absolute Gasteiger partial charge is 0.244 e. The molecule has 0 aliphatic carbocycles. The molecule has 1 aliphatic rings. The molecule has 5 rings (SSSR count). The lowest BCUT2D eigenvalue weighted by atomic mass is 9.98. The van der Waals surface area contributed by atoms with Gasteiger partial charge in [-0.25, -0.2) is 13.8 Å². The van der Waals surface area contributed by atoms with Crippen LogP contribution in [-0.4, -0.2) is 43.1 Å². The van der Waals surface area contributed by atoms with Gasteiger partial charge in [-0.1, -0.05) is 0 Å². The topological polar surface area (TPSA) is 102 Å². The van der Waals surface area contributed by atoms with E-state index in [-0.39, 0.29) is 29.4 Å². The van der Waals surface area contributed by atoms with Crippen LogP contribution >= 0.6 is 0 Å². The van der Waals surface area contributed by atoms with Gasteiger partial charge in [0.25, 0.3) is 0 Å². The van der Waals surface area contributed by atoms with Crippen LogP contribution < -0.4 is 11.1 Å². The van der Waals surface area contributed by atoms with Gasteiger partial charge < -0.3 is 16.0 Å². The van der Waals surface area contributed by atoms with Crippen LogP contribution in [0.5, 0.6) is 0 Å². The fraction of sp³-hybridized carbons (Fsp3) is 0.280. The highest BCUT2D eigenvalue weighted by molar-refractivity contribution is 5.90. The largest absolute Gasteiger partial charge is 0.397 e. The molecule has 1 amide bonds. The average molecular weight is 478 g/mol. The van der Waals surface area contributed by atoms with Crippen molar-refractivity contribution < 1.29 is 13.6 Å². The molecular weight excluding hydrogens is 452 g/mol. The first-order valence-electron chi connectivity index (χ1n) is 11.3. The van der Waals surface area contributed by atoms with E-state index in [4.69, 9.17) is 5.73 Å². The van der Waals surface area contributed by atoms with Gasteiger partial charge in [0.05, 0.1) is 11.9 Å². The van der Waals surface area contributed by atoms with E-state index in [0.717, 1.165) is 5.69 Å². The van der Waals surface area contributed by atoms with Gasteiger partial charge in [-0.15, -0.1) is 0 Å². The molecule has 0 saturated carbocycles. The normalized spacial score (nSPS) is 13.9. The Morgan fingerprint density at radius 2 is 1.86 bits per heavy atom. The van der Waals surface area contributed by atoms with Crippen molar-refractivity contribution >= 4 is 34.0 Å². The number of pyridine rings is 2. The lowest BCUT2D eigenvalue weighted by Crippen LogP contribution is -2.38. The first-order chi connectivity index (χ1) is 16.7. The molecule has 1 aliphatic heterocycles. The molecule has 35 heavy (non-hydrogen) atoms. The number of carbonyl (C=O) groups is 1. The molecule has 3 aromatic heterocycles. The monoisotopic (exact) mass is 477 g/mol. The molecule has 0 saturated heterocycles. The third kappa shape index (κ3) is 4.05. The zero-order valence-corrected chi connectivity index (χ0v) is 19.6. The lowest BCUT2D eigenvalue weighted by Gasteiger charge is -2.24. The number of nitrogens with one attached hydrogen (secondary N) is 1. The zero-order valence-electron chi connectivity index (χ0n) is 19.6. The molecule has 8 nitrogen and oxygen atoms in total. The Labute approximate surface area is 200 Å². The van der Waals surface area contributed by atoms with Crippen LogP contribution in [0.4, 0.5) is 26.1 Å². The number of carbonyl (C=O) groups excluding carboxylic acids is 1. The molecule has 180 valence electrons. The number of amides is 1. The van der Waals surface area contributed by atoms with Crippen molar-refractivity contribution in [2.45, 2.75) is 39.8 Å². The van der Waals surface area contributed by atoms with E-state index in [9.17, 15) is 13.6 Å². The molecule has 0 unspecified atom stereocenters. The van der Waals surface area contributed by atoms with Crippen LogP contribution in [-0.2, 0) is 17.8 Å². The minimum atomic E-state index is -0.986. The van der Waals surface area contributed by atoms with E-state index >= 15 is 0 Å². The van der Waals surface area contributed by atoms with Crippen molar-refractivity contribution in [3.05, 3.63) is 59.7 Å². The average Bonchev–Trinajstić information content (AvgIpc) is 3.11. The fourth-order valence-corrected chi connectivity index (χ4v) is 4.42. The summed E-state index contributed by atoms with van der Waals surface area (Å²) in [6, 6.07) is 5.20. The predicted octanol–water partition coefficient (Wildman–Crippen LogP) is 4.20. The van der Waals surface area contributed by atoms with Gasteiger partial charge >= 0.3 is 0 Å². The number of benzene rings is 1. The maximum absolute atomic E-state index is 14.9. The van der Waals surface area contributed by atoms with E-state index in [1.807, 2.05) is 24.8 Å². The molecule has 0 atom stereocenters. The molecule has 0 spiro atoms. The number of hydrogen-bond donors (Lipinski definition) is 2. The molecule has 4 aromatic rings. The van der Waals surface area contributed by atoms with E-state index in [2.05, 4.69) is 20.4 Å². The van der Waals surface area contributed by atoms with Crippen LogP contribution in [0.25, 0.3) is 21.9 Å². The second-order valence-corrected chi connectivity index (χ2v) is 8.98. The molecule has 0 bridgehead atoms. The van der Waals surface area contributed by atoms with Crippen LogP contribution in [0.3, 0.4) is 0 Å². The summed E-state index contributed by atoms with van der Waals surface area (Å²) in [5, 5.41) is 8.15. The first kappa shape index (κ1) is 22.7. The van der Waals surface area contributed by atoms with Gasteiger partial charge in [-0.2, -0.15) is 5.10 Å². The molecule has 4 heterocycles. The summed E-state index contributed by atoms with van der Waals surface area (Å²) in [4.78, 5) is 22.6. The van der Waals surface area contributed by atoms with Crippen molar-refractivity contribution in [3.63, 3.8) is 0 Å². The van der Waals surface area contributed by atoms with Gasteiger partial charge in [0, 0.05) is 59.7 Å². The molecule has 1 aromatic carbocycles. The molecule has 10 heteroatoms. The van der Waals surface area contributed by atoms with Crippen molar-refractivity contribution in [1.82, 2.24) is 24.6 Å². The quantitative estimate of drug-likeness (QED) is 0.457. The summed E-state index contributed by atoms with van der Waals surface area (Å²) in [6.45, 7) is 6.52. The lowest BCUT2D eigenvalue weighted by molar-refractivity contribution is -0.133. The molecule has 3 N–H and O–H groups in total. The maximum Gasteiger partial charge on any atom is 0.244 e. The highest BCUT2D eigenvalue weighted by atomic mass is 19.2. The van der Waals surface area contributed by atoms with E-state index in [1.165, 1.54) is 18.6 Å². The summed E-state index contributed by atoms with van der Waals surface area (Å²) in [5.41, 5.74) is 8.37. The number of aromatic nitrogens is 4. The number of hydrogen-bond acceptors (Lipinski definition) is 6. The summed E-state index contributed by atoms with van der Waals surface area (Å²) < 4.78 is 31.5. The highest BCUT2D eigenvalue weighted by Gasteiger charge is 2.24. The maximum atomic E-state index is 14.9. The number of fused-ring (bicyclic) bond motifs is 2. The van der Waals surface area contributed by atoms with Crippen LogP contribution in [0.15, 0.2) is 36.8 Å². The standard InChI is InChI=1S/C25H25F2N7O/c1-13(2)33-5-4-16-8-22(32-34(16)12-23(33)35)31-21-7-15-6-17(18-9-29-11-20(28)14(18)3)24(26)25(27)19(15)10-30-21/h6-11,13H,4-5,12,28H2,1-3H3,(H,30,31,32). The Morgan fingerprint density at radius 3 is 2.63 bits per heavy atom. The Hall–Kier alpha value is -4.08. The summed E-state index contributed by atoms with van der Waals surface area (Å²) in [6.07, 6.45) is 4.91. The third-order valence-electron chi connectivity index (χ3n) is 6.40. The van der Waals surface area contributed by atoms with Gasteiger partial charge in [-0.05, 0) is 43.9 Å². The Balaban J connectivity index is 1.48. The minimum absolute atomic E-state index is 0.0218. The second kappa shape index (κ2) is 8.61.